The van der Waals surface area contributed by atoms with Crippen LogP contribution in [0.1, 0.15) is 0 Å². The molecule has 0 radical (unpaired) electrons. The molecule has 2 N–H and O–H groups in total. The van der Waals surface area contributed by atoms with Crippen molar-refractivity contribution in [3.8, 4) is 5.75 Å². The number of para-hydroxylation sites is 1. The summed E-state index contributed by atoms with van der Waals surface area (Å²) in [6.45, 7) is -0.436. The molecule has 0 spiro atoms. The highest BCUT2D eigenvalue weighted by Crippen LogP contribution is 2.29. The molecule has 2 aromatic rings. The molecule has 132 valence electrons. The van der Waals surface area contributed by atoms with E-state index >= 15 is 0 Å². The zero-order chi connectivity index (χ0) is 18.2. The minimum Gasteiger partial charge on any atom is -0.481 e. The fraction of sp³-hybridized carbons (Fsp3) is 0.125. The topological polar surface area (TPSA) is 67.4 Å². The summed E-state index contributed by atoms with van der Waals surface area (Å²) in [5.41, 5.74) is 4.40. The van der Waals surface area contributed by atoms with E-state index in [4.69, 9.17) is 27.9 Å². The summed E-state index contributed by atoms with van der Waals surface area (Å²) in [6.07, 6.45) is 0. The van der Waals surface area contributed by atoms with E-state index in [1.165, 1.54) is 30.0 Å². The number of carbonyl (C=O) groups excluding carboxylic acids is 2. The van der Waals surface area contributed by atoms with Crippen LogP contribution in [0.25, 0.3) is 0 Å². The van der Waals surface area contributed by atoms with Gasteiger partial charge in [-0.15, -0.1) is 11.8 Å². The first kappa shape index (κ1) is 19.4. The van der Waals surface area contributed by atoms with Gasteiger partial charge in [0.25, 0.3) is 5.91 Å². The Morgan fingerprint density at radius 2 is 1.80 bits per heavy atom. The SMILES string of the molecule is O=C(COc1ccccc1F)NNC(=O)CSc1cc(Cl)ccc1Cl. The maximum atomic E-state index is 13.3. The van der Waals surface area contributed by atoms with Crippen LogP contribution in [0.15, 0.2) is 47.4 Å². The lowest BCUT2D eigenvalue weighted by Crippen LogP contribution is -2.44. The summed E-state index contributed by atoms with van der Waals surface area (Å²) >= 11 is 13.0. The van der Waals surface area contributed by atoms with Crippen molar-refractivity contribution in [2.75, 3.05) is 12.4 Å². The van der Waals surface area contributed by atoms with Crippen molar-refractivity contribution in [3.63, 3.8) is 0 Å². The molecule has 0 aliphatic rings. The highest BCUT2D eigenvalue weighted by Gasteiger charge is 2.09. The smallest absolute Gasteiger partial charge is 0.276 e. The Hall–Kier alpha value is -1.96. The minimum atomic E-state index is -0.623. The van der Waals surface area contributed by atoms with Crippen LogP contribution in [0.4, 0.5) is 4.39 Å². The summed E-state index contributed by atoms with van der Waals surface area (Å²) in [6, 6.07) is 10.6. The van der Waals surface area contributed by atoms with Gasteiger partial charge in [-0.2, -0.15) is 0 Å². The molecule has 2 rings (SSSR count). The number of amides is 2. The summed E-state index contributed by atoms with van der Waals surface area (Å²) in [7, 11) is 0. The highest BCUT2D eigenvalue weighted by atomic mass is 35.5. The lowest BCUT2D eigenvalue weighted by Gasteiger charge is -2.09. The third-order valence-corrected chi connectivity index (χ3v) is 4.52. The van der Waals surface area contributed by atoms with Crippen molar-refractivity contribution in [1.82, 2.24) is 10.9 Å². The lowest BCUT2D eigenvalue weighted by atomic mass is 10.3. The predicted molar refractivity (Wildman–Crippen MR) is 95.4 cm³/mol. The van der Waals surface area contributed by atoms with Gasteiger partial charge in [0.05, 0.1) is 10.8 Å². The second kappa shape index (κ2) is 9.50. The van der Waals surface area contributed by atoms with Crippen LogP contribution in [0.5, 0.6) is 5.75 Å². The van der Waals surface area contributed by atoms with Gasteiger partial charge in [-0.1, -0.05) is 35.3 Å². The molecule has 0 aliphatic heterocycles. The van der Waals surface area contributed by atoms with Gasteiger partial charge in [0.2, 0.25) is 5.91 Å². The van der Waals surface area contributed by atoms with Crippen molar-refractivity contribution < 1.29 is 18.7 Å². The van der Waals surface area contributed by atoms with Crippen LogP contribution in [-0.4, -0.2) is 24.2 Å². The van der Waals surface area contributed by atoms with Gasteiger partial charge >= 0.3 is 0 Å². The van der Waals surface area contributed by atoms with Crippen LogP contribution >= 0.6 is 35.0 Å². The van der Waals surface area contributed by atoms with Crippen LogP contribution in [-0.2, 0) is 9.59 Å². The Bertz CT molecular complexity index is 777. The Morgan fingerprint density at radius 1 is 1.08 bits per heavy atom. The Kier molecular flexibility index (Phi) is 7.36. The van der Waals surface area contributed by atoms with Gasteiger partial charge in [0.15, 0.2) is 18.2 Å². The normalized spacial score (nSPS) is 10.2. The summed E-state index contributed by atoms with van der Waals surface area (Å²) in [5.74, 6) is -1.67. The standard InChI is InChI=1S/C16H13Cl2FN2O3S/c17-10-5-6-11(18)14(7-10)25-9-16(23)21-20-15(22)8-24-13-4-2-1-3-12(13)19/h1-7H,8-9H2,(H,20,22)(H,21,23). The van der Waals surface area contributed by atoms with Gasteiger partial charge in [-0.3, -0.25) is 20.4 Å². The van der Waals surface area contributed by atoms with E-state index in [-0.39, 0.29) is 11.5 Å². The fourth-order valence-electron chi connectivity index (χ4n) is 1.65. The number of thioether (sulfide) groups is 1. The van der Waals surface area contributed by atoms with Gasteiger partial charge < -0.3 is 4.74 Å². The molecule has 0 aliphatic carbocycles. The van der Waals surface area contributed by atoms with Crippen LogP contribution in [0, 0.1) is 5.82 Å². The van der Waals surface area contributed by atoms with E-state index in [0.29, 0.717) is 14.9 Å². The molecular formula is C16H13Cl2FN2O3S. The Morgan fingerprint density at radius 3 is 2.56 bits per heavy atom. The van der Waals surface area contributed by atoms with Crippen LogP contribution in [0.2, 0.25) is 10.0 Å². The molecule has 25 heavy (non-hydrogen) atoms. The molecule has 0 saturated carbocycles. The third-order valence-electron chi connectivity index (χ3n) is 2.79. The predicted octanol–water partition coefficient (Wildman–Crippen LogP) is 3.45. The molecule has 0 bridgehead atoms. The average Bonchev–Trinajstić information content (AvgIpc) is 2.60. The Balaban J connectivity index is 1.71. The van der Waals surface area contributed by atoms with Gasteiger partial charge in [0, 0.05) is 9.92 Å². The molecular weight excluding hydrogens is 390 g/mol. The molecule has 5 nitrogen and oxygen atoms in total. The van der Waals surface area contributed by atoms with Gasteiger partial charge in [0.1, 0.15) is 0 Å². The minimum absolute atomic E-state index is 0.0223. The number of hydrazine groups is 1. The maximum absolute atomic E-state index is 13.3. The average molecular weight is 403 g/mol. The van der Waals surface area contributed by atoms with E-state index in [0.717, 1.165) is 0 Å². The first-order valence-corrected chi connectivity index (χ1v) is 8.72. The number of benzene rings is 2. The van der Waals surface area contributed by atoms with Crippen LogP contribution < -0.4 is 15.6 Å². The van der Waals surface area contributed by atoms with Crippen molar-refractivity contribution in [2.45, 2.75) is 4.90 Å². The van der Waals surface area contributed by atoms with Gasteiger partial charge in [-0.05, 0) is 30.3 Å². The number of hydrogen-bond acceptors (Lipinski definition) is 4. The first-order valence-electron chi connectivity index (χ1n) is 6.98. The summed E-state index contributed by atoms with van der Waals surface area (Å²) in [4.78, 5) is 24.0. The zero-order valence-corrected chi connectivity index (χ0v) is 15.1. The number of ether oxygens (including phenoxy) is 1. The van der Waals surface area contributed by atoms with Crippen molar-refractivity contribution in [2.24, 2.45) is 0 Å². The lowest BCUT2D eigenvalue weighted by molar-refractivity contribution is -0.128. The van der Waals surface area contributed by atoms with Crippen molar-refractivity contribution in [1.29, 1.82) is 0 Å². The second-order valence-electron chi connectivity index (χ2n) is 4.68. The summed E-state index contributed by atoms with van der Waals surface area (Å²) < 4.78 is 18.3. The monoisotopic (exact) mass is 402 g/mol. The van der Waals surface area contributed by atoms with Crippen molar-refractivity contribution in [3.05, 3.63) is 58.3 Å². The molecule has 2 amide bonds. The quantitative estimate of drug-likeness (QED) is 0.573. The molecule has 0 heterocycles. The molecule has 0 unspecified atom stereocenters. The number of halogens is 3. The number of rotatable bonds is 6. The molecule has 0 saturated heterocycles. The first-order chi connectivity index (χ1) is 12.0. The van der Waals surface area contributed by atoms with E-state index in [1.54, 1.807) is 24.3 Å². The third kappa shape index (κ3) is 6.45. The van der Waals surface area contributed by atoms with E-state index in [2.05, 4.69) is 10.9 Å². The zero-order valence-electron chi connectivity index (χ0n) is 12.7. The molecule has 2 aromatic carbocycles. The highest BCUT2D eigenvalue weighted by molar-refractivity contribution is 8.00. The molecule has 0 fully saturated rings. The van der Waals surface area contributed by atoms with E-state index < -0.39 is 24.2 Å². The number of hydrogen-bond donors (Lipinski definition) is 2. The summed E-state index contributed by atoms with van der Waals surface area (Å²) in [5, 5.41) is 0.982. The molecule has 0 atom stereocenters. The van der Waals surface area contributed by atoms with Gasteiger partial charge in [-0.25, -0.2) is 4.39 Å². The van der Waals surface area contributed by atoms with Crippen LogP contribution in [0.3, 0.4) is 0 Å². The largest absolute Gasteiger partial charge is 0.481 e. The maximum Gasteiger partial charge on any atom is 0.276 e. The van der Waals surface area contributed by atoms with E-state index in [1.807, 2.05) is 0 Å². The number of carbonyl (C=O) groups is 2. The van der Waals surface area contributed by atoms with Crippen molar-refractivity contribution >= 4 is 46.8 Å². The molecule has 9 heteroatoms. The Labute approximate surface area is 157 Å². The molecule has 0 aromatic heterocycles. The van der Waals surface area contributed by atoms with E-state index in [9.17, 15) is 14.0 Å². The number of nitrogens with one attached hydrogen (secondary N) is 2. The second-order valence-corrected chi connectivity index (χ2v) is 6.54. The fourth-order valence-corrected chi connectivity index (χ4v) is 2.94.